The van der Waals surface area contributed by atoms with Gasteiger partial charge in [0.05, 0.1) is 0 Å². The van der Waals surface area contributed by atoms with Crippen LogP contribution in [-0.4, -0.2) is 15.2 Å². The molecule has 0 amide bonds. The quantitative estimate of drug-likeness (QED) is 0.427. The van der Waals surface area contributed by atoms with Crippen molar-refractivity contribution >= 4 is 25.6 Å². The summed E-state index contributed by atoms with van der Waals surface area (Å²) >= 11 is -0.901. The fraction of sp³-hybridized carbons (Fsp3) is 0.543. The maximum absolute atomic E-state index is 2.72. The summed E-state index contributed by atoms with van der Waals surface area (Å²) in [7, 11) is -2.91. The van der Waals surface area contributed by atoms with Crippen LogP contribution in [0.4, 0.5) is 0 Å². The normalized spacial score (nSPS) is 21.9. The molecule has 0 nitrogen and oxygen atoms in total. The predicted molar refractivity (Wildman–Crippen MR) is 170 cm³/mol. The van der Waals surface area contributed by atoms with Crippen molar-refractivity contribution in [3.63, 3.8) is 0 Å². The van der Waals surface area contributed by atoms with E-state index in [2.05, 4.69) is 132 Å². The zero-order chi connectivity index (χ0) is 28.4. The summed E-state index contributed by atoms with van der Waals surface area (Å²) in [5.41, 5.74) is 11.9. The number of benzene rings is 2. The van der Waals surface area contributed by atoms with Crippen molar-refractivity contribution in [2.24, 2.45) is 11.3 Å². The van der Waals surface area contributed by atoms with Crippen LogP contribution in [0.3, 0.4) is 0 Å². The van der Waals surface area contributed by atoms with Gasteiger partial charge in [-0.3, -0.25) is 0 Å². The van der Waals surface area contributed by atoms with Crippen LogP contribution < -0.4 is 35.2 Å². The number of fused-ring (bicyclic) bond motifs is 5. The summed E-state index contributed by atoms with van der Waals surface area (Å²) in [5.74, 6) is 0.605. The second kappa shape index (κ2) is 10.5. The minimum atomic E-state index is -1.48. The minimum Gasteiger partial charge on any atom is -1.00 e. The number of hydrogen-bond donors (Lipinski definition) is 0. The summed E-state index contributed by atoms with van der Waals surface area (Å²) in [4.78, 5) is 0. The van der Waals surface area contributed by atoms with Crippen molar-refractivity contribution < 1.29 is 48.0 Å². The molecule has 0 bridgehead atoms. The summed E-state index contributed by atoms with van der Waals surface area (Å²) in [6.45, 7) is 34.9. The SMILES string of the molecule is CC1C=C(C(C)(C)C)C=[C]1[Zr+2][CH]1c2ccc(C(C)(C)C)cc2-c2cc(C(C)(C)C)c3c(c21)[Si](C)(C)[Si]3(C)C.[Cl-].[Cl-]. The first-order valence-corrected chi connectivity index (χ1v) is 24.4. The van der Waals surface area contributed by atoms with Crippen LogP contribution in [0.5, 0.6) is 0 Å². The Kier molecular flexibility index (Phi) is 8.98. The van der Waals surface area contributed by atoms with Crippen LogP contribution in [0.25, 0.3) is 11.1 Å². The monoisotopic (exact) mass is 686 g/mol. The van der Waals surface area contributed by atoms with Gasteiger partial charge in [-0.1, -0.05) is 0 Å². The predicted octanol–water partition coefficient (Wildman–Crippen LogP) is 2.87. The molecule has 1 aliphatic heterocycles. The molecule has 0 saturated heterocycles. The number of allylic oxidation sites excluding steroid dienone is 4. The maximum Gasteiger partial charge on any atom is -1.00 e. The van der Waals surface area contributed by atoms with E-state index in [9.17, 15) is 0 Å². The average Bonchev–Trinajstić information content (AvgIpc) is 3.29. The zero-order valence-electron chi connectivity index (χ0n) is 27.4. The molecule has 5 heteroatoms. The molecule has 0 aromatic heterocycles. The van der Waals surface area contributed by atoms with Gasteiger partial charge in [-0.05, 0) is 0 Å². The van der Waals surface area contributed by atoms with Crippen LogP contribution in [0.2, 0.25) is 26.2 Å². The number of hydrogen-bond acceptors (Lipinski definition) is 0. The van der Waals surface area contributed by atoms with Gasteiger partial charge in [-0.2, -0.15) is 0 Å². The van der Waals surface area contributed by atoms with E-state index in [1.807, 2.05) is 10.4 Å². The molecule has 0 saturated carbocycles. The Morgan fingerprint density at radius 3 is 1.77 bits per heavy atom. The van der Waals surface area contributed by atoms with Crippen molar-refractivity contribution in [1.82, 2.24) is 0 Å². The summed E-state index contributed by atoms with van der Waals surface area (Å²) < 4.78 is 2.45. The smallest absolute Gasteiger partial charge is 1.00 e. The third-order valence-corrected chi connectivity index (χ3v) is 32.5. The van der Waals surface area contributed by atoms with E-state index in [-0.39, 0.29) is 41.1 Å². The fourth-order valence-corrected chi connectivity index (χ4v) is 22.9. The van der Waals surface area contributed by atoms with E-state index in [0.29, 0.717) is 9.54 Å². The molecule has 0 fully saturated rings. The van der Waals surface area contributed by atoms with Crippen molar-refractivity contribution in [3.05, 3.63) is 67.5 Å². The molecule has 216 valence electrons. The van der Waals surface area contributed by atoms with Gasteiger partial charge < -0.3 is 24.8 Å². The van der Waals surface area contributed by atoms with E-state index < -0.39 is 38.4 Å². The van der Waals surface area contributed by atoms with Crippen molar-refractivity contribution in [3.8, 4) is 11.1 Å². The van der Waals surface area contributed by atoms with Crippen LogP contribution in [-0.2, 0) is 34.1 Å². The van der Waals surface area contributed by atoms with Gasteiger partial charge in [-0.25, -0.2) is 0 Å². The number of rotatable bonds is 2. The Morgan fingerprint density at radius 2 is 1.27 bits per heavy atom. The van der Waals surface area contributed by atoms with Crippen LogP contribution in [0, 0.1) is 11.3 Å². The molecule has 0 spiro atoms. The van der Waals surface area contributed by atoms with Gasteiger partial charge in [-0.15, -0.1) is 0 Å². The zero-order valence-corrected chi connectivity index (χ0v) is 33.3. The first-order chi connectivity index (χ1) is 17.2. The standard InChI is InChI=1S/C25H35Si2.C10H15.2ClH.Zr/c1-24(2,3)17-12-11-16-13-20-19(18(16)14-17)15-21(25(4,5)6)23-22(20)26(7,8)27(23,9)10;1-8-5-6-9(7-8)10(2,3)4;;;/h11-15H,1-10H3;6-8H,1-4H3;2*1H;/q;;;;+2/p-2. The molecule has 0 N–H and O–H groups in total. The van der Waals surface area contributed by atoms with Gasteiger partial charge in [0.15, 0.2) is 0 Å². The van der Waals surface area contributed by atoms with Crippen molar-refractivity contribution in [1.29, 1.82) is 0 Å². The summed E-state index contributed by atoms with van der Waals surface area (Å²) in [6.07, 6.45) is 5.21. The first kappa shape index (κ1) is 34.3. The van der Waals surface area contributed by atoms with E-state index in [1.54, 1.807) is 36.7 Å². The largest absolute Gasteiger partial charge is 1.00 e. The van der Waals surface area contributed by atoms with E-state index in [4.69, 9.17) is 0 Å². The second-order valence-corrected chi connectivity index (χ2v) is 35.1. The Hall–Kier alpha value is -0.183. The third-order valence-electron chi connectivity index (χ3n) is 10.2. The Labute approximate surface area is 271 Å². The molecular formula is C35H50Cl2Si2Zr. The van der Waals surface area contributed by atoms with Gasteiger partial charge in [0.25, 0.3) is 0 Å². The summed E-state index contributed by atoms with van der Waals surface area (Å²) in [5, 5.41) is 3.75. The number of halogens is 2. The molecule has 0 radical (unpaired) electrons. The molecule has 2 aromatic carbocycles. The van der Waals surface area contributed by atoms with Crippen molar-refractivity contribution in [2.75, 3.05) is 0 Å². The van der Waals surface area contributed by atoms with Crippen LogP contribution >= 0.6 is 0 Å². The second-order valence-electron chi connectivity index (χ2n) is 16.5. The summed E-state index contributed by atoms with van der Waals surface area (Å²) in [6, 6.07) is 10.3. The molecular weight excluding hydrogens is 639 g/mol. The van der Waals surface area contributed by atoms with Gasteiger partial charge >= 0.3 is 249 Å². The van der Waals surface area contributed by atoms with E-state index >= 15 is 0 Å². The third kappa shape index (κ3) is 5.14. The van der Waals surface area contributed by atoms with E-state index in [1.165, 1.54) is 5.56 Å². The molecule has 1 heterocycles. The Bertz CT molecular complexity index is 1410. The maximum atomic E-state index is 2.72. The molecule has 2 aromatic rings. The Morgan fingerprint density at radius 1 is 0.700 bits per heavy atom. The average molecular weight is 689 g/mol. The molecule has 5 rings (SSSR count). The molecule has 3 aliphatic rings. The molecule has 2 unspecified atom stereocenters. The minimum absolute atomic E-state index is 0. The van der Waals surface area contributed by atoms with Crippen LogP contribution in [0.15, 0.2) is 45.3 Å². The van der Waals surface area contributed by atoms with Gasteiger partial charge in [0.1, 0.15) is 0 Å². The molecule has 2 atom stereocenters. The molecule has 40 heavy (non-hydrogen) atoms. The topological polar surface area (TPSA) is 0 Å². The van der Waals surface area contributed by atoms with Crippen molar-refractivity contribution in [2.45, 2.75) is 110 Å². The Balaban J connectivity index is 0.00000220. The first-order valence-electron chi connectivity index (χ1n) is 14.7. The fourth-order valence-electron chi connectivity index (χ4n) is 7.00. The van der Waals surface area contributed by atoms with Gasteiger partial charge in [0.2, 0.25) is 0 Å². The van der Waals surface area contributed by atoms with E-state index in [0.717, 1.165) is 0 Å². The van der Waals surface area contributed by atoms with Crippen LogP contribution in [0.1, 0.15) is 95.1 Å². The molecule has 2 aliphatic carbocycles. The van der Waals surface area contributed by atoms with Gasteiger partial charge in [0, 0.05) is 0 Å².